The number of halogens is 1. The van der Waals surface area contributed by atoms with E-state index in [-0.39, 0.29) is 25.0 Å². The van der Waals surface area contributed by atoms with Crippen LogP contribution in [0.1, 0.15) is 25.6 Å². The highest BCUT2D eigenvalue weighted by Crippen LogP contribution is 2.47. The Morgan fingerprint density at radius 2 is 2.03 bits per heavy atom. The predicted octanol–water partition coefficient (Wildman–Crippen LogP) is 4.47. The van der Waals surface area contributed by atoms with Gasteiger partial charge in [-0.1, -0.05) is 19.6 Å². The van der Waals surface area contributed by atoms with Crippen LogP contribution in [0.15, 0.2) is 20.9 Å². The lowest BCUT2D eigenvalue weighted by Crippen LogP contribution is -2.56. The molecular weight excluding hydrogens is 540 g/mol. The molecule has 0 radical (unpaired) electrons. The van der Waals surface area contributed by atoms with Gasteiger partial charge < -0.3 is 14.4 Å². The summed E-state index contributed by atoms with van der Waals surface area (Å²) in [5.74, 6) is -0.742. The van der Waals surface area contributed by atoms with Crippen LogP contribution in [0.3, 0.4) is 0 Å². The zero-order chi connectivity index (χ0) is 25.5. The maximum absolute atomic E-state index is 13.5. The molecule has 1 aromatic rings. The van der Waals surface area contributed by atoms with Crippen LogP contribution in [0, 0.1) is 5.92 Å². The number of likely N-dealkylation sites (tertiary alicyclic amines) is 1. The molecule has 1 N–H and O–H groups in total. The number of carbonyl (C=O) groups is 3. The van der Waals surface area contributed by atoms with E-state index in [9.17, 15) is 14.4 Å². The third-order valence-corrected chi connectivity index (χ3v) is 9.17. The minimum Gasteiger partial charge on any atom is -0.450 e. The average Bonchev–Trinajstić information content (AvgIpc) is 3.28. The molecule has 12 heteroatoms. The zero-order valence-electron chi connectivity index (χ0n) is 20.7. The lowest BCUT2D eigenvalue weighted by molar-refractivity contribution is -0.132. The van der Waals surface area contributed by atoms with Crippen LogP contribution in [0.2, 0.25) is 25.7 Å². The van der Waals surface area contributed by atoms with Gasteiger partial charge in [0.25, 0.3) is 0 Å². The molecule has 2 aliphatic rings. The number of guanidine groups is 1. The number of alkyl carbamates (subject to hydrolysis) is 1. The quantitative estimate of drug-likeness (QED) is 0.536. The molecule has 2 aliphatic heterocycles. The number of hydrogen-bond donors (Lipinski definition) is 1. The van der Waals surface area contributed by atoms with E-state index in [0.29, 0.717) is 6.61 Å². The van der Waals surface area contributed by atoms with Gasteiger partial charge >= 0.3 is 12.2 Å². The first-order valence-electron chi connectivity index (χ1n) is 11.1. The summed E-state index contributed by atoms with van der Waals surface area (Å²) in [4.78, 5) is 47.4. The number of rotatable bonds is 4. The number of fused-ring (bicyclic) bond motifs is 1. The standard InChI is InChI=1S/C22H33BrN4O5SSi/c1-21(2,3)32-19(29)24-18-25-22(16-10-14(23)12-33-16)13-27(11-15(22)17(28)26(18)4)20(30)31-8-9-34(5,6)7/h10,12,15H,8-9,11,13H2,1-7H3,(H,24,25,29)/t15-,22-/m1/s1. The lowest BCUT2D eigenvalue weighted by Gasteiger charge is -2.37. The van der Waals surface area contributed by atoms with Crippen molar-refractivity contribution in [2.24, 2.45) is 10.9 Å². The number of hydrogen-bond acceptors (Lipinski definition) is 7. The average molecular weight is 574 g/mol. The minimum absolute atomic E-state index is 0.0916. The van der Waals surface area contributed by atoms with Crippen molar-refractivity contribution in [1.29, 1.82) is 0 Å². The van der Waals surface area contributed by atoms with Gasteiger partial charge in [-0.15, -0.1) is 11.3 Å². The molecule has 0 bridgehead atoms. The number of aliphatic imine (C=N–C) groups is 1. The Morgan fingerprint density at radius 1 is 1.35 bits per heavy atom. The van der Waals surface area contributed by atoms with Crippen molar-refractivity contribution in [2.45, 2.75) is 57.6 Å². The molecule has 3 heterocycles. The van der Waals surface area contributed by atoms with Crippen molar-refractivity contribution < 1.29 is 23.9 Å². The van der Waals surface area contributed by atoms with Crippen molar-refractivity contribution in [2.75, 3.05) is 26.7 Å². The van der Waals surface area contributed by atoms with E-state index < -0.39 is 37.3 Å². The van der Waals surface area contributed by atoms with Crippen LogP contribution >= 0.6 is 27.3 Å². The maximum atomic E-state index is 13.5. The smallest absolute Gasteiger partial charge is 0.414 e. The van der Waals surface area contributed by atoms with Crippen LogP contribution in [0.25, 0.3) is 0 Å². The van der Waals surface area contributed by atoms with Crippen LogP contribution < -0.4 is 5.32 Å². The van der Waals surface area contributed by atoms with E-state index >= 15 is 0 Å². The van der Waals surface area contributed by atoms with Crippen molar-refractivity contribution in [3.8, 4) is 0 Å². The molecule has 0 aliphatic carbocycles. The van der Waals surface area contributed by atoms with E-state index in [1.165, 1.54) is 16.2 Å². The monoisotopic (exact) mass is 572 g/mol. The first kappa shape index (κ1) is 26.7. The molecule has 0 unspecified atom stereocenters. The van der Waals surface area contributed by atoms with Gasteiger partial charge in [-0.25, -0.2) is 14.6 Å². The lowest BCUT2D eigenvalue weighted by atomic mass is 9.84. The summed E-state index contributed by atoms with van der Waals surface area (Å²) in [6, 6.07) is 2.77. The Kier molecular flexibility index (Phi) is 7.54. The van der Waals surface area contributed by atoms with Crippen molar-refractivity contribution >= 4 is 59.4 Å². The molecule has 0 saturated carbocycles. The third-order valence-electron chi connectivity index (χ3n) is 5.61. The van der Waals surface area contributed by atoms with Crippen LogP contribution in [-0.2, 0) is 19.8 Å². The molecule has 1 saturated heterocycles. The third kappa shape index (κ3) is 6.00. The Labute approximate surface area is 214 Å². The van der Waals surface area contributed by atoms with Crippen LogP contribution in [0.4, 0.5) is 9.59 Å². The first-order valence-corrected chi connectivity index (χ1v) is 16.5. The van der Waals surface area contributed by atoms with Gasteiger partial charge in [0.15, 0.2) is 0 Å². The summed E-state index contributed by atoms with van der Waals surface area (Å²) in [5, 5.41) is 4.53. The predicted molar refractivity (Wildman–Crippen MR) is 138 cm³/mol. The molecule has 9 nitrogen and oxygen atoms in total. The Balaban J connectivity index is 1.91. The molecule has 1 aromatic heterocycles. The van der Waals surface area contributed by atoms with E-state index in [2.05, 4.69) is 40.9 Å². The Bertz CT molecular complexity index is 1000. The number of carbonyl (C=O) groups excluding carboxylic acids is 3. The number of nitrogens with one attached hydrogen (secondary N) is 1. The van der Waals surface area contributed by atoms with Crippen molar-refractivity contribution in [3.63, 3.8) is 0 Å². The SMILES string of the molecule is CN1C(=O)[C@H]2CN(C(=O)OCC[Si](C)(C)C)C[C@@]2(c2cc(Br)cs2)N=C1NC(=O)OC(C)(C)C. The highest BCUT2D eigenvalue weighted by atomic mass is 79.9. The molecule has 0 spiro atoms. The van der Waals surface area contributed by atoms with Gasteiger partial charge in [0.1, 0.15) is 11.1 Å². The number of ether oxygens (including phenoxy) is 2. The van der Waals surface area contributed by atoms with E-state index in [1.807, 2.05) is 11.4 Å². The van der Waals surface area contributed by atoms with E-state index in [4.69, 9.17) is 14.5 Å². The highest BCUT2D eigenvalue weighted by Gasteiger charge is 2.58. The molecule has 3 rings (SSSR count). The molecule has 2 atom stereocenters. The van der Waals surface area contributed by atoms with Crippen LogP contribution in [0.5, 0.6) is 0 Å². The van der Waals surface area contributed by atoms with Crippen LogP contribution in [-0.4, -0.2) is 74.3 Å². The number of amides is 3. The second kappa shape index (κ2) is 9.61. The first-order chi connectivity index (χ1) is 15.6. The van der Waals surface area contributed by atoms with Gasteiger partial charge in [-0.2, -0.15) is 0 Å². The summed E-state index contributed by atoms with van der Waals surface area (Å²) < 4.78 is 11.8. The van der Waals surface area contributed by atoms with E-state index in [0.717, 1.165) is 15.4 Å². The molecule has 1 fully saturated rings. The van der Waals surface area contributed by atoms with Gasteiger partial charge in [0, 0.05) is 36.4 Å². The summed E-state index contributed by atoms with van der Waals surface area (Å²) in [6.45, 7) is 12.7. The van der Waals surface area contributed by atoms with Crippen molar-refractivity contribution in [3.05, 3.63) is 20.8 Å². The maximum Gasteiger partial charge on any atom is 0.414 e. The fourth-order valence-electron chi connectivity index (χ4n) is 3.86. The Morgan fingerprint density at radius 3 is 2.59 bits per heavy atom. The van der Waals surface area contributed by atoms with Gasteiger partial charge in [-0.05, 0) is 48.8 Å². The highest BCUT2D eigenvalue weighted by molar-refractivity contribution is 9.10. The topological polar surface area (TPSA) is 101 Å². The zero-order valence-corrected chi connectivity index (χ0v) is 24.1. The summed E-state index contributed by atoms with van der Waals surface area (Å²) in [5.41, 5.74) is -1.73. The molecule has 188 valence electrons. The van der Waals surface area contributed by atoms with Gasteiger partial charge in [0.2, 0.25) is 11.9 Å². The summed E-state index contributed by atoms with van der Waals surface area (Å²) in [6.07, 6.45) is -1.15. The second-order valence-corrected chi connectivity index (χ2v) is 18.3. The fraction of sp³-hybridized carbons (Fsp3) is 0.636. The van der Waals surface area contributed by atoms with Crippen molar-refractivity contribution in [1.82, 2.24) is 15.1 Å². The van der Waals surface area contributed by atoms with Gasteiger partial charge in [0.05, 0.1) is 19.1 Å². The normalized spacial score (nSPS) is 22.9. The molecule has 0 aromatic carbocycles. The number of thiophene rings is 1. The molecular formula is C22H33BrN4O5SSi. The number of nitrogens with zero attached hydrogens (tertiary/aromatic N) is 3. The minimum atomic E-state index is -1.36. The fourth-order valence-corrected chi connectivity index (χ4v) is 6.20. The summed E-state index contributed by atoms with van der Waals surface area (Å²) in [7, 11) is 0.202. The van der Waals surface area contributed by atoms with Gasteiger partial charge in [-0.3, -0.25) is 15.0 Å². The van der Waals surface area contributed by atoms with E-state index in [1.54, 1.807) is 32.7 Å². The Hall–Kier alpha value is -1.92. The second-order valence-electron chi connectivity index (χ2n) is 10.9. The molecule has 34 heavy (non-hydrogen) atoms. The molecule has 3 amide bonds. The summed E-state index contributed by atoms with van der Waals surface area (Å²) >= 11 is 4.93. The largest absolute Gasteiger partial charge is 0.450 e.